The van der Waals surface area contributed by atoms with Crippen molar-refractivity contribution in [2.45, 2.75) is 0 Å². The number of esters is 1. The lowest BCUT2D eigenvalue weighted by Crippen LogP contribution is -2.19. The second-order valence-electron chi connectivity index (χ2n) is 5.98. The summed E-state index contributed by atoms with van der Waals surface area (Å²) < 4.78 is 20.7. The largest absolute Gasteiger partial charge is 0.493 e. The lowest BCUT2D eigenvalue weighted by atomic mass is 10.1. The van der Waals surface area contributed by atoms with Gasteiger partial charge in [-0.3, -0.25) is 4.79 Å². The van der Waals surface area contributed by atoms with Gasteiger partial charge in [-0.15, -0.1) is 0 Å². The van der Waals surface area contributed by atoms with Gasteiger partial charge in [0.05, 0.1) is 44.6 Å². The average Bonchev–Trinajstić information content (AvgIpc) is 3.11. The molecule has 0 bridgehead atoms. The summed E-state index contributed by atoms with van der Waals surface area (Å²) in [5, 5.41) is 3.16. The van der Waals surface area contributed by atoms with Crippen LogP contribution in [-0.2, 0) is 9.53 Å². The number of nitrogens with zero attached hydrogens (tertiary/aromatic N) is 1. The molecule has 0 aliphatic carbocycles. The van der Waals surface area contributed by atoms with Crippen LogP contribution >= 0.6 is 11.8 Å². The maximum Gasteiger partial charge on any atom is 0.337 e. The van der Waals surface area contributed by atoms with Crippen LogP contribution in [0, 0.1) is 0 Å². The van der Waals surface area contributed by atoms with Gasteiger partial charge in [0.1, 0.15) is 0 Å². The molecule has 1 saturated heterocycles. The summed E-state index contributed by atoms with van der Waals surface area (Å²) in [5.41, 5.74) is 1.73. The molecule has 30 heavy (non-hydrogen) atoms. The molecule has 1 fully saturated rings. The third-order valence-electron chi connectivity index (χ3n) is 4.15. The molecule has 0 aromatic heterocycles. The van der Waals surface area contributed by atoms with Crippen molar-refractivity contribution in [2.75, 3.05) is 28.4 Å². The molecule has 3 rings (SSSR count). The third kappa shape index (κ3) is 4.57. The highest BCUT2D eigenvalue weighted by molar-refractivity contribution is 8.18. The van der Waals surface area contributed by atoms with Crippen LogP contribution in [0.1, 0.15) is 15.9 Å². The molecule has 1 amide bonds. The molecule has 2 aromatic carbocycles. The van der Waals surface area contributed by atoms with Crippen molar-refractivity contribution in [1.82, 2.24) is 5.32 Å². The van der Waals surface area contributed by atoms with Crippen LogP contribution < -0.4 is 19.5 Å². The molecule has 0 radical (unpaired) electrons. The van der Waals surface area contributed by atoms with Gasteiger partial charge in [0.2, 0.25) is 5.75 Å². The molecule has 0 unspecified atom stereocenters. The number of ether oxygens (including phenoxy) is 4. The summed E-state index contributed by atoms with van der Waals surface area (Å²) >= 11 is 1.21. The zero-order chi connectivity index (χ0) is 21.7. The Hall–Kier alpha value is -3.46. The second-order valence-corrected chi connectivity index (χ2v) is 7.01. The fourth-order valence-corrected chi connectivity index (χ4v) is 3.57. The number of carbonyl (C=O) groups excluding carboxylic acids is 2. The first-order chi connectivity index (χ1) is 14.5. The van der Waals surface area contributed by atoms with Gasteiger partial charge in [-0.1, -0.05) is 0 Å². The van der Waals surface area contributed by atoms with E-state index in [0.717, 1.165) is 0 Å². The standard InChI is InChI=1S/C21H20N2O6S/c1-26-15-9-12(10-16(27-2)18(15)28-3)11-17-19(24)23-21(30-17)22-14-7-5-13(6-8-14)20(25)29-4/h5-11H,1-4H3,(H,22,23,24). The van der Waals surface area contributed by atoms with Gasteiger partial charge < -0.3 is 24.3 Å². The minimum atomic E-state index is -0.423. The molecular weight excluding hydrogens is 408 g/mol. The molecule has 0 atom stereocenters. The van der Waals surface area contributed by atoms with Crippen LogP contribution in [0.25, 0.3) is 6.08 Å². The number of aliphatic imine (C=N–C) groups is 1. The topological polar surface area (TPSA) is 95.5 Å². The molecule has 8 nitrogen and oxygen atoms in total. The van der Waals surface area contributed by atoms with Crippen LogP contribution in [0.3, 0.4) is 0 Å². The molecule has 0 spiro atoms. The highest BCUT2D eigenvalue weighted by Crippen LogP contribution is 2.39. The molecule has 2 aromatic rings. The van der Waals surface area contributed by atoms with Crippen LogP contribution in [0.2, 0.25) is 0 Å². The molecule has 9 heteroatoms. The summed E-state index contributed by atoms with van der Waals surface area (Å²) in [4.78, 5) is 28.7. The van der Waals surface area contributed by atoms with E-state index in [0.29, 0.717) is 44.1 Å². The van der Waals surface area contributed by atoms with E-state index >= 15 is 0 Å². The Bertz CT molecular complexity index is 1010. The first kappa shape index (κ1) is 21.3. The number of amides is 1. The Morgan fingerprint density at radius 2 is 1.63 bits per heavy atom. The highest BCUT2D eigenvalue weighted by Gasteiger charge is 2.24. The lowest BCUT2D eigenvalue weighted by Gasteiger charge is -2.12. The molecule has 1 aliphatic rings. The van der Waals surface area contributed by atoms with E-state index in [9.17, 15) is 9.59 Å². The molecule has 1 heterocycles. The number of nitrogens with one attached hydrogen (secondary N) is 1. The van der Waals surface area contributed by atoms with Gasteiger partial charge in [0.25, 0.3) is 5.91 Å². The SMILES string of the molecule is COC(=O)c1ccc(N=C2NC(=O)C(=Cc3cc(OC)c(OC)c(OC)c3)S2)cc1. The first-order valence-corrected chi connectivity index (χ1v) is 9.58. The van der Waals surface area contributed by atoms with Crippen molar-refractivity contribution < 1.29 is 28.5 Å². The monoisotopic (exact) mass is 428 g/mol. The van der Waals surface area contributed by atoms with E-state index in [1.165, 1.54) is 40.2 Å². The second kappa shape index (κ2) is 9.36. The number of amidine groups is 1. The summed E-state index contributed by atoms with van der Waals surface area (Å²) in [6.45, 7) is 0. The Morgan fingerprint density at radius 1 is 1.00 bits per heavy atom. The molecule has 1 N–H and O–H groups in total. The Balaban J connectivity index is 1.84. The maximum absolute atomic E-state index is 12.4. The maximum atomic E-state index is 12.4. The quantitative estimate of drug-likeness (QED) is 0.557. The first-order valence-electron chi connectivity index (χ1n) is 8.77. The normalized spacial score (nSPS) is 15.8. The summed E-state index contributed by atoms with van der Waals surface area (Å²) in [5.74, 6) is 0.772. The van der Waals surface area contributed by atoms with Gasteiger partial charge in [0, 0.05) is 0 Å². The number of benzene rings is 2. The number of hydrogen-bond donors (Lipinski definition) is 1. The summed E-state index contributed by atoms with van der Waals surface area (Å²) in [6.07, 6.45) is 1.72. The van der Waals surface area contributed by atoms with Crippen molar-refractivity contribution in [2.24, 2.45) is 4.99 Å². The van der Waals surface area contributed by atoms with Gasteiger partial charge in [-0.25, -0.2) is 9.79 Å². The van der Waals surface area contributed by atoms with Crippen molar-refractivity contribution in [1.29, 1.82) is 0 Å². The predicted molar refractivity (Wildman–Crippen MR) is 115 cm³/mol. The zero-order valence-corrected chi connectivity index (χ0v) is 17.7. The van der Waals surface area contributed by atoms with Crippen molar-refractivity contribution in [3.8, 4) is 17.2 Å². The molecular formula is C21H20N2O6S. The van der Waals surface area contributed by atoms with Gasteiger partial charge in [-0.2, -0.15) is 0 Å². The van der Waals surface area contributed by atoms with E-state index in [2.05, 4.69) is 15.0 Å². The smallest absolute Gasteiger partial charge is 0.337 e. The van der Waals surface area contributed by atoms with E-state index in [1.54, 1.807) is 42.5 Å². The van der Waals surface area contributed by atoms with E-state index in [1.807, 2.05) is 0 Å². The number of thioether (sulfide) groups is 1. The van der Waals surface area contributed by atoms with E-state index in [-0.39, 0.29) is 5.91 Å². The Morgan fingerprint density at radius 3 is 2.17 bits per heavy atom. The van der Waals surface area contributed by atoms with Gasteiger partial charge in [0.15, 0.2) is 16.7 Å². The van der Waals surface area contributed by atoms with Crippen LogP contribution in [-0.4, -0.2) is 45.5 Å². The average molecular weight is 428 g/mol. The molecule has 0 saturated carbocycles. The minimum Gasteiger partial charge on any atom is -0.493 e. The third-order valence-corrected chi connectivity index (χ3v) is 5.06. The van der Waals surface area contributed by atoms with Crippen molar-refractivity contribution >= 4 is 40.6 Å². The van der Waals surface area contributed by atoms with Crippen molar-refractivity contribution in [3.05, 3.63) is 52.4 Å². The number of carbonyl (C=O) groups is 2. The summed E-state index contributed by atoms with van der Waals surface area (Å²) in [7, 11) is 5.91. The minimum absolute atomic E-state index is 0.265. The zero-order valence-electron chi connectivity index (χ0n) is 16.8. The van der Waals surface area contributed by atoms with E-state index < -0.39 is 5.97 Å². The van der Waals surface area contributed by atoms with Crippen LogP contribution in [0.15, 0.2) is 46.3 Å². The van der Waals surface area contributed by atoms with Crippen molar-refractivity contribution in [3.63, 3.8) is 0 Å². The highest BCUT2D eigenvalue weighted by atomic mass is 32.2. The Kier molecular flexibility index (Phi) is 6.63. The fourth-order valence-electron chi connectivity index (χ4n) is 2.72. The van der Waals surface area contributed by atoms with Gasteiger partial charge >= 0.3 is 5.97 Å². The number of rotatable bonds is 6. The van der Waals surface area contributed by atoms with Crippen LogP contribution in [0.5, 0.6) is 17.2 Å². The number of methoxy groups -OCH3 is 4. The van der Waals surface area contributed by atoms with Gasteiger partial charge in [-0.05, 0) is 59.8 Å². The van der Waals surface area contributed by atoms with E-state index in [4.69, 9.17) is 14.2 Å². The molecule has 156 valence electrons. The summed E-state index contributed by atoms with van der Waals surface area (Å²) in [6, 6.07) is 10.1. The fraction of sp³-hybridized carbons (Fsp3) is 0.190. The molecule has 1 aliphatic heterocycles. The lowest BCUT2D eigenvalue weighted by molar-refractivity contribution is -0.115. The van der Waals surface area contributed by atoms with Crippen LogP contribution in [0.4, 0.5) is 5.69 Å². The Labute approximate surface area is 177 Å². The predicted octanol–water partition coefficient (Wildman–Crippen LogP) is 3.39. The number of hydrogen-bond acceptors (Lipinski definition) is 8.